The zero-order valence-electron chi connectivity index (χ0n) is 15.1. The monoisotopic (exact) mass is 385 g/mol. The van der Waals surface area contributed by atoms with Crippen molar-refractivity contribution in [2.45, 2.75) is 31.7 Å². The molecule has 2 aliphatic rings. The van der Waals surface area contributed by atoms with Crippen molar-refractivity contribution in [3.8, 4) is 0 Å². The van der Waals surface area contributed by atoms with Gasteiger partial charge in [-0.2, -0.15) is 0 Å². The van der Waals surface area contributed by atoms with Crippen molar-refractivity contribution in [2.75, 3.05) is 23.3 Å². The first kappa shape index (κ1) is 19.4. The minimum absolute atomic E-state index is 0. The molecular formula is C21H24ClN3O2. The third-order valence-corrected chi connectivity index (χ3v) is 5.16. The van der Waals surface area contributed by atoms with Crippen LogP contribution < -0.4 is 15.5 Å². The molecule has 2 aromatic carbocycles. The Hall–Kier alpha value is -2.37. The molecule has 1 unspecified atom stereocenters. The van der Waals surface area contributed by atoms with E-state index in [1.807, 2.05) is 23.1 Å². The number of rotatable bonds is 3. The molecule has 0 saturated carbocycles. The number of nitrogens with one attached hydrogen (secondary N) is 2. The minimum Gasteiger partial charge on any atom is -0.325 e. The van der Waals surface area contributed by atoms with Gasteiger partial charge < -0.3 is 15.5 Å². The molecule has 0 radical (unpaired) electrons. The fraction of sp³-hybridized carbons (Fsp3) is 0.333. The molecule has 2 aromatic rings. The maximum absolute atomic E-state index is 12.8. The molecule has 27 heavy (non-hydrogen) atoms. The number of hydrogen-bond acceptors (Lipinski definition) is 3. The van der Waals surface area contributed by atoms with Gasteiger partial charge in [0.05, 0.1) is 6.04 Å². The van der Waals surface area contributed by atoms with Gasteiger partial charge in [-0.25, -0.2) is 0 Å². The highest BCUT2D eigenvalue weighted by molar-refractivity contribution is 6.07. The summed E-state index contributed by atoms with van der Waals surface area (Å²) in [5.41, 5.74) is 3.57. The second-order valence-corrected chi connectivity index (χ2v) is 6.90. The molecular weight excluding hydrogens is 362 g/mol. The van der Waals surface area contributed by atoms with Gasteiger partial charge in [0, 0.05) is 23.5 Å². The molecule has 142 valence electrons. The van der Waals surface area contributed by atoms with E-state index in [0.717, 1.165) is 43.6 Å². The second-order valence-electron chi connectivity index (χ2n) is 6.90. The van der Waals surface area contributed by atoms with Crippen LogP contribution in [0.5, 0.6) is 0 Å². The van der Waals surface area contributed by atoms with E-state index in [0.29, 0.717) is 12.1 Å². The Bertz CT molecular complexity index is 816. The SMILES string of the molecule is Cl.O=C(Nc1ccc(C(=O)N2CCc3ccccc32)cc1)C1CCCCN1. The molecule has 2 amide bonds. The number of para-hydroxylation sites is 1. The first-order valence-corrected chi connectivity index (χ1v) is 9.26. The highest BCUT2D eigenvalue weighted by Crippen LogP contribution is 2.29. The average molecular weight is 386 g/mol. The summed E-state index contributed by atoms with van der Waals surface area (Å²) in [7, 11) is 0. The number of halogens is 1. The number of nitrogens with zero attached hydrogens (tertiary/aromatic N) is 1. The van der Waals surface area contributed by atoms with Crippen LogP contribution in [0.3, 0.4) is 0 Å². The van der Waals surface area contributed by atoms with Gasteiger partial charge in [0.25, 0.3) is 5.91 Å². The van der Waals surface area contributed by atoms with Crippen LogP contribution in [0.15, 0.2) is 48.5 Å². The zero-order chi connectivity index (χ0) is 17.9. The van der Waals surface area contributed by atoms with Gasteiger partial charge in [-0.1, -0.05) is 24.6 Å². The number of anilines is 2. The lowest BCUT2D eigenvalue weighted by Gasteiger charge is -2.22. The molecule has 2 N–H and O–H groups in total. The summed E-state index contributed by atoms with van der Waals surface area (Å²) < 4.78 is 0. The smallest absolute Gasteiger partial charge is 0.258 e. The predicted octanol–water partition coefficient (Wildman–Crippen LogP) is 3.39. The highest BCUT2D eigenvalue weighted by atomic mass is 35.5. The third kappa shape index (κ3) is 4.15. The molecule has 2 aliphatic heterocycles. The quantitative estimate of drug-likeness (QED) is 0.851. The van der Waals surface area contributed by atoms with Gasteiger partial charge in [-0.05, 0) is 61.7 Å². The molecule has 1 fully saturated rings. The van der Waals surface area contributed by atoms with Gasteiger partial charge >= 0.3 is 0 Å². The maximum Gasteiger partial charge on any atom is 0.258 e. The van der Waals surface area contributed by atoms with E-state index in [2.05, 4.69) is 16.7 Å². The van der Waals surface area contributed by atoms with Crippen molar-refractivity contribution in [1.29, 1.82) is 0 Å². The van der Waals surface area contributed by atoms with Crippen molar-refractivity contribution >= 4 is 35.6 Å². The standard InChI is InChI=1S/C21H23N3O2.ClH/c25-20(18-6-3-4-13-22-18)23-17-10-8-16(9-11-17)21(26)24-14-12-15-5-1-2-7-19(15)24;/h1-2,5,7-11,18,22H,3-4,6,12-14H2,(H,23,25);1H. The van der Waals surface area contributed by atoms with E-state index in [1.165, 1.54) is 5.56 Å². The van der Waals surface area contributed by atoms with Crippen molar-refractivity contribution in [2.24, 2.45) is 0 Å². The second kappa shape index (κ2) is 8.55. The number of hydrogen-bond donors (Lipinski definition) is 2. The van der Waals surface area contributed by atoms with Crippen LogP contribution >= 0.6 is 12.4 Å². The van der Waals surface area contributed by atoms with Gasteiger partial charge in [-0.3, -0.25) is 9.59 Å². The summed E-state index contributed by atoms with van der Waals surface area (Å²) in [5.74, 6) is -0.000907. The summed E-state index contributed by atoms with van der Waals surface area (Å²) >= 11 is 0. The summed E-state index contributed by atoms with van der Waals surface area (Å²) in [4.78, 5) is 26.9. The number of benzene rings is 2. The molecule has 1 saturated heterocycles. The van der Waals surface area contributed by atoms with E-state index in [1.54, 1.807) is 24.3 Å². The van der Waals surface area contributed by atoms with Crippen LogP contribution in [0.25, 0.3) is 0 Å². The van der Waals surface area contributed by atoms with Gasteiger partial charge in [0.2, 0.25) is 5.91 Å². The van der Waals surface area contributed by atoms with E-state index < -0.39 is 0 Å². The van der Waals surface area contributed by atoms with Crippen LogP contribution in [-0.2, 0) is 11.2 Å². The third-order valence-electron chi connectivity index (χ3n) is 5.16. The lowest BCUT2D eigenvalue weighted by Crippen LogP contribution is -2.43. The average Bonchev–Trinajstić information content (AvgIpc) is 3.13. The number of fused-ring (bicyclic) bond motifs is 1. The van der Waals surface area contributed by atoms with Crippen LogP contribution in [0.1, 0.15) is 35.2 Å². The van der Waals surface area contributed by atoms with Crippen molar-refractivity contribution in [3.63, 3.8) is 0 Å². The molecule has 1 atom stereocenters. The minimum atomic E-state index is -0.119. The lowest BCUT2D eigenvalue weighted by molar-refractivity contribution is -0.118. The lowest BCUT2D eigenvalue weighted by atomic mass is 10.0. The molecule has 2 heterocycles. The summed E-state index contributed by atoms with van der Waals surface area (Å²) in [6.07, 6.45) is 3.97. The van der Waals surface area contributed by atoms with Crippen molar-refractivity contribution < 1.29 is 9.59 Å². The number of amides is 2. The van der Waals surface area contributed by atoms with E-state index >= 15 is 0 Å². The Labute approximate surface area is 165 Å². The molecule has 0 aliphatic carbocycles. The van der Waals surface area contributed by atoms with Crippen LogP contribution in [0.2, 0.25) is 0 Å². The summed E-state index contributed by atoms with van der Waals surface area (Å²) in [6, 6.07) is 15.1. The van der Waals surface area contributed by atoms with E-state index in [-0.39, 0.29) is 30.3 Å². The Balaban J connectivity index is 0.00000210. The predicted molar refractivity (Wildman–Crippen MR) is 110 cm³/mol. The number of carbonyl (C=O) groups excluding carboxylic acids is 2. The molecule has 0 aromatic heterocycles. The Kier molecular flexibility index (Phi) is 6.14. The topological polar surface area (TPSA) is 61.4 Å². The molecule has 6 heteroatoms. The van der Waals surface area contributed by atoms with Gasteiger partial charge in [0.1, 0.15) is 0 Å². The van der Waals surface area contributed by atoms with Gasteiger partial charge in [-0.15, -0.1) is 12.4 Å². The molecule has 0 bridgehead atoms. The highest BCUT2D eigenvalue weighted by Gasteiger charge is 2.25. The zero-order valence-corrected chi connectivity index (χ0v) is 15.9. The Morgan fingerprint density at radius 2 is 1.81 bits per heavy atom. The van der Waals surface area contributed by atoms with E-state index in [4.69, 9.17) is 0 Å². The Morgan fingerprint density at radius 1 is 1.04 bits per heavy atom. The Morgan fingerprint density at radius 3 is 2.56 bits per heavy atom. The first-order valence-electron chi connectivity index (χ1n) is 9.26. The van der Waals surface area contributed by atoms with Crippen LogP contribution in [0, 0.1) is 0 Å². The van der Waals surface area contributed by atoms with Crippen LogP contribution in [-0.4, -0.2) is 30.9 Å². The first-order chi connectivity index (χ1) is 12.7. The normalized spacial score (nSPS) is 18.4. The maximum atomic E-state index is 12.8. The van der Waals surface area contributed by atoms with Crippen molar-refractivity contribution in [1.82, 2.24) is 5.32 Å². The van der Waals surface area contributed by atoms with Gasteiger partial charge in [0.15, 0.2) is 0 Å². The number of carbonyl (C=O) groups is 2. The fourth-order valence-electron chi connectivity index (χ4n) is 3.71. The largest absolute Gasteiger partial charge is 0.325 e. The van der Waals surface area contributed by atoms with Crippen LogP contribution in [0.4, 0.5) is 11.4 Å². The summed E-state index contributed by atoms with van der Waals surface area (Å²) in [6.45, 7) is 1.60. The number of piperidine rings is 1. The van der Waals surface area contributed by atoms with E-state index in [9.17, 15) is 9.59 Å². The molecule has 0 spiro atoms. The molecule has 5 nitrogen and oxygen atoms in total. The fourth-order valence-corrected chi connectivity index (χ4v) is 3.71. The van der Waals surface area contributed by atoms with Crippen molar-refractivity contribution in [3.05, 3.63) is 59.7 Å². The molecule has 4 rings (SSSR count). The summed E-state index contributed by atoms with van der Waals surface area (Å²) in [5, 5.41) is 6.18.